The van der Waals surface area contributed by atoms with Gasteiger partial charge in [-0.05, 0) is 74.7 Å². The van der Waals surface area contributed by atoms with Crippen LogP contribution in [0.4, 0.5) is 17.5 Å². The van der Waals surface area contributed by atoms with Crippen LogP contribution in [-0.4, -0.2) is 28.4 Å². The molecule has 0 unspecified atom stereocenters. The van der Waals surface area contributed by atoms with E-state index in [0.717, 1.165) is 21.3 Å². The first-order valence-corrected chi connectivity index (χ1v) is 13.6. The average molecular weight is 517 g/mol. The molecule has 0 saturated heterocycles. The van der Waals surface area contributed by atoms with Crippen LogP contribution in [0.5, 0.6) is 0 Å². The SMILES string of the molecule is Cc1cc(C)nc(NS(=O)(=O)c2ccc(Nc3ncnc4scc(-c5ccc(C)c(C)c5)c34)cc2)n1. The second-order valence-electron chi connectivity index (χ2n) is 8.58. The van der Waals surface area contributed by atoms with Gasteiger partial charge in [-0.1, -0.05) is 18.2 Å². The lowest BCUT2D eigenvalue weighted by molar-refractivity contribution is 0.601. The summed E-state index contributed by atoms with van der Waals surface area (Å²) in [5, 5.41) is 6.34. The van der Waals surface area contributed by atoms with Crippen LogP contribution in [0.25, 0.3) is 21.3 Å². The summed E-state index contributed by atoms with van der Waals surface area (Å²) in [6.45, 7) is 7.76. The summed E-state index contributed by atoms with van der Waals surface area (Å²) in [7, 11) is -3.84. The molecule has 5 rings (SSSR count). The molecule has 3 aromatic heterocycles. The zero-order valence-electron chi connectivity index (χ0n) is 20.2. The molecule has 36 heavy (non-hydrogen) atoms. The molecule has 0 aliphatic carbocycles. The van der Waals surface area contributed by atoms with Gasteiger partial charge in [0, 0.05) is 28.0 Å². The smallest absolute Gasteiger partial charge is 0.264 e. The van der Waals surface area contributed by atoms with Crippen LogP contribution in [0, 0.1) is 27.7 Å². The van der Waals surface area contributed by atoms with E-state index in [1.54, 1.807) is 43.4 Å². The van der Waals surface area contributed by atoms with Crippen molar-refractivity contribution in [1.29, 1.82) is 0 Å². The van der Waals surface area contributed by atoms with E-state index in [9.17, 15) is 8.42 Å². The molecule has 10 heteroatoms. The molecule has 0 atom stereocenters. The number of benzene rings is 2. The average Bonchev–Trinajstić information content (AvgIpc) is 3.25. The Morgan fingerprint density at radius 2 is 1.56 bits per heavy atom. The zero-order valence-corrected chi connectivity index (χ0v) is 21.8. The van der Waals surface area contributed by atoms with E-state index in [0.29, 0.717) is 22.9 Å². The number of nitrogens with zero attached hydrogens (tertiary/aromatic N) is 4. The first kappa shape index (κ1) is 23.8. The van der Waals surface area contributed by atoms with Crippen molar-refractivity contribution in [3.8, 4) is 11.1 Å². The maximum atomic E-state index is 12.9. The summed E-state index contributed by atoms with van der Waals surface area (Å²) >= 11 is 1.56. The van der Waals surface area contributed by atoms with Crippen LogP contribution in [0.1, 0.15) is 22.5 Å². The number of hydrogen-bond acceptors (Lipinski definition) is 8. The molecule has 0 radical (unpaired) electrons. The fourth-order valence-electron chi connectivity index (χ4n) is 3.90. The van der Waals surface area contributed by atoms with Crippen molar-refractivity contribution in [3.05, 3.63) is 82.8 Å². The third-order valence-electron chi connectivity index (χ3n) is 5.82. The topological polar surface area (TPSA) is 110 Å². The Labute approximate surface area is 213 Å². The molecule has 0 amide bonds. The molecule has 2 aromatic carbocycles. The van der Waals surface area contributed by atoms with E-state index in [-0.39, 0.29) is 10.8 Å². The van der Waals surface area contributed by atoms with Gasteiger partial charge in [-0.25, -0.2) is 33.1 Å². The summed E-state index contributed by atoms with van der Waals surface area (Å²) < 4.78 is 28.2. The Morgan fingerprint density at radius 3 is 2.25 bits per heavy atom. The van der Waals surface area contributed by atoms with Gasteiger partial charge in [0.25, 0.3) is 10.0 Å². The Hall–Kier alpha value is -3.89. The van der Waals surface area contributed by atoms with Crippen molar-refractivity contribution in [3.63, 3.8) is 0 Å². The second-order valence-corrected chi connectivity index (χ2v) is 11.1. The Kier molecular flexibility index (Phi) is 6.15. The van der Waals surface area contributed by atoms with Crippen molar-refractivity contribution in [2.24, 2.45) is 0 Å². The Balaban J connectivity index is 1.43. The zero-order chi connectivity index (χ0) is 25.4. The predicted molar refractivity (Wildman–Crippen MR) is 144 cm³/mol. The molecule has 3 heterocycles. The molecule has 0 fully saturated rings. The van der Waals surface area contributed by atoms with Crippen LogP contribution < -0.4 is 10.0 Å². The van der Waals surface area contributed by atoms with Gasteiger partial charge in [-0.3, -0.25) is 0 Å². The van der Waals surface area contributed by atoms with Crippen LogP contribution >= 0.6 is 11.3 Å². The number of anilines is 3. The molecule has 0 saturated carbocycles. The highest BCUT2D eigenvalue weighted by atomic mass is 32.2. The minimum absolute atomic E-state index is 0.0504. The van der Waals surface area contributed by atoms with E-state index in [2.05, 4.69) is 67.4 Å². The first-order chi connectivity index (χ1) is 17.2. The fourth-order valence-corrected chi connectivity index (χ4v) is 5.76. The van der Waals surface area contributed by atoms with Gasteiger partial charge in [0.05, 0.1) is 10.3 Å². The number of sulfonamides is 1. The van der Waals surface area contributed by atoms with Crippen LogP contribution in [0.2, 0.25) is 0 Å². The standard InChI is InChI=1S/C26H24N6O2S2/c1-15-5-6-19(11-16(15)2)22-13-35-25-23(22)24(27-14-28-25)31-20-7-9-21(10-8-20)36(33,34)32-26-29-17(3)12-18(4)30-26/h5-14H,1-4H3,(H,27,28,31)(H,29,30,32). The van der Waals surface area contributed by atoms with Gasteiger partial charge >= 0.3 is 0 Å². The molecule has 0 spiro atoms. The highest BCUT2D eigenvalue weighted by Crippen LogP contribution is 2.38. The number of aryl methyl sites for hydroxylation is 4. The molecular weight excluding hydrogens is 492 g/mol. The molecule has 5 aromatic rings. The van der Waals surface area contributed by atoms with Gasteiger partial charge in [-0.2, -0.15) is 0 Å². The third-order valence-corrected chi connectivity index (χ3v) is 8.05. The molecule has 0 aliphatic rings. The number of thiophene rings is 1. The number of rotatable bonds is 6. The molecule has 182 valence electrons. The predicted octanol–water partition coefficient (Wildman–Crippen LogP) is 5.93. The van der Waals surface area contributed by atoms with Gasteiger partial charge in [0.1, 0.15) is 17.0 Å². The molecule has 0 aliphatic heterocycles. The largest absolute Gasteiger partial charge is 0.340 e. The van der Waals surface area contributed by atoms with Crippen molar-refractivity contribution >= 4 is 49.0 Å². The summed E-state index contributed by atoms with van der Waals surface area (Å²) in [4.78, 5) is 18.2. The van der Waals surface area contributed by atoms with E-state index in [1.807, 2.05) is 0 Å². The minimum Gasteiger partial charge on any atom is -0.340 e. The van der Waals surface area contributed by atoms with E-state index in [1.165, 1.54) is 29.6 Å². The van der Waals surface area contributed by atoms with Gasteiger partial charge in [-0.15, -0.1) is 11.3 Å². The van der Waals surface area contributed by atoms with Gasteiger partial charge < -0.3 is 5.32 Å². The van der Waals surface area contributed by atoms with Crippen molar-refractivity contribution in [1.82, 2.24) is 19.9 Å². The first-order valence-electron chi connectivity index (χ1n) is 11.2. The summed E-state index contributed by atoms with van der Waals surface area (Å²) in [6, 6.07) is 14.6. The van der Waals surface area contributed by atoms with Gasteiger partial charge in [0.2, 0.25) is 5.95 Å². The quantitative estimate of drug-likeness (QED) is 0.288. The second kappa shape index (κ2) is 9.29. The molecular formula is C26H24N6O2S2. The lowest BCUT2D eigenvalue weighted by Crippen LogP contribution is -2.15. The van der Waals surface area contributed by atoms with Crippen LogP contribution in [-0.2, 0) is 10.0 Å². The molecule has 2 N–H and O–H groups in total. The number of fused-ring (bicyclic) bond motifs is 1. The van der Waals surface area contributed by atoms with E-state index >= 15 is 0 Å². The summed E-state index contributed by atoms with van der Waals surface area (Å²) in [6.07, 6.45) is 1.53. The monoisotopic (exact) mass is 516 g/mol. The number of aromatic nitrogens is 4. The third kappa shape index (κ3) is 4.77. The summed E-state index contributed by atoms with van der Waals surface area (Å²) in [5.74, 6) is 0.709. The maximum absolute atomic E-state index is 12.9. The Bertz CT molecular complexity index is 1680. The Morgan fingerprint density at radius 1 is 0.833 bits per heavy atom. The molecule has 0 bridgehead atoms. The van der Waals surface area contributed by atoms with Crippen molar-refractivity contribution < 1.29 is 8.42 Å². The van der Waals surface area contributed by atoms with Gasteiger partial charge in [0.15, 0.2) is 0 Å². The molecule has 8 nitrogen and oxygen atoms in total. The minimum atomic E-state index is -3.84. The summed E-state index contributed by atoms with van der Waals surface area (Å²) in [5.41, 5.74) is 6.68. The lowest BCUT2D eigenvalue weighted by atomic mass is 10.0. The normalized spacial score (nSPS) is 11.6. The maximum Gasteiger partial charge on any atom is 0.264 e. The van der Waals surface area contributed by atoms with Crippen LogP contribution in [0.3, 0.4) is 0 Å². The van der Waals surface area contributed by atoms with Crippen LogP contribution in [0.15, 0.2) is 65.1 Å². The van der Waals surface area contributed by atoms with E-state index in [4.69, 9.17) is 0 Å². The van der Waals surface area contributed by atoms with E-state index < -0.39 is 10.0 Å². The lowest BCUT2D eigenvalue weighted by Gasteiger charge is -2.11. The number of nitrogens with one attached hydrogen (secondary N) is 2. The highest BCUT2D eigenvalue weighted by molar-refractivity contribution is 7.92. The highest BCUT2D eigenvalue weighted by Gasteiger charge is 2.17. The van der Waals surface area contributed by atoms with Crippen molar-refractivity contribution in [2.45, 2.75) is 32.6 Å². The van der Waals surface area contributed by atoms with Crippen molar-refractivity contribution in [2.75, 3.05) is 10.0 Å². The number of hydrogen-bond donors (Lipinski definition) is 2. The fraction of sp³-hybridized carbons (Fsp3) is 0.154.